The van der Waals surface area contributed by atoms with Crippen LogP contribution in [-0.2, 0) is 19.0 Å². The number of benzene rings is 1. The highest BCUT2D eigenvalue weighted by molar-refractivity contribution is 6.31. The smallest absolute Gasteiger partial charge is 0.435 e. The second kappa shape index (κ2) is 8.29. The lowest BCUT2D eigenvalue weighted by Crippen LogP contribution is -2.53. The fourth-order valence-electron chi connectivity index (χ4n) is 4.48. The Bertz CT molecular complexity index is 757. The van der Waals surface area contributed by atoms with Gasteiger partial charge in [-0.1, -0.05) is 17.7 Å². The molecule has 7 heteroatoms. The maximum absolute atomic E-state index is 13.1. The summed E-state index contributed by atoms with van der Waals surface area (Å²) in [6.45, 7) is 5.76. The van der Waals surface area contributed by atoms with Crippen molar-refractivity contribution >= 4 is 23.7 Å². The van der Waals surface area contributed by atoms with Crippen LogP contribution in [0.5, 0.6) is 0 Å². The molecule has 1 aliphatic carbocycles. The first-order chi connectivity index (χ1) is 13.3. The predicted octanol–water partition coefficient (Wildman–Crippen LogP) is 4.04. The van der Waals surface area contributed by atoms with Crippen LogP contribution in [-0.4, -0.2) is 43.5 Å². The van der Waals surface area contributed by atoms with Gasteiger partial charge in [-0.15, -0.1) is 0 Å². The first-order valence-corrected chi connectivity index (χ1v) is 10.1. The van der Waals surface area contributed by atoms with Crippen molar-refractivity contribution in [3.63, 3.8) is 0 Å². The van der Waals surface area contributed by atoms with Crippen LogP contribution in [0.25, 0.3) is 0 Å². The molecule has 2 atom stereocenters. The van der Waals surface area contributed by atoms with E-state index in [2.05, 4.69) is 5.32 Å². The van der Waals surface area contributed by atoms with Gasteiger partial charge in [0.05, 0.1) is 18.2 Å². The van der Waals surface area contributed by atoms with E-state index in [1.807, 2.05) is 26.0 Å². The van der Waals surface area contributed by atoms with Gasteiger partial charge in [-0.3, -0.25) is 4.79 Å². The maximum Gasteiger partial charge on any atom is 0.508 e. The van der Waals surface area contributed by atoms with E-state index >= 15 is 0 Å². The van der Waals surface area contributed by atoms with Gasteiger partial charge in [-0.05, 0) is 69.2 Å². The van der Waals surface area contributed by atoms with Crippen molar-refractivity contribution in [2.75, 3.05) is 13.7 Å². The third-order valence-corrected chi connectivity index (χ3v) is 6.44. The van der Waals surface area contributed by atoms with Crippen molar-refractivity contribution in [3.05, 3.63) is 33.8 Å². The highest BCUT2D eigenvalue weighted by Gasteiger charge is 2.57. The molecule has 2 aliphatic rings. The molecule has 2 unspecified atom stereocenters. The SMILES string of the molecule is CCOC(=O)OC1C(c2cc(C)c(Cl)cc2C)C(=O)NC12CCC(OC)CC2. The molecule has 2 fully saturated rings. The Morgan fingerprint density at radius 1 is 1.25 bits per heavy atom. The average molecular weight is 410 g/mol. The van der Waals surface area contributed by atoms with Gasteiger partial charge < -0.3 is 19.5 Å². The van der Waals surface area contributed by atoms with Crippen LogP contribution in [0.1, 0.15) is 55.2 Å². The molecule has 1 N–H and O–H groups in total. The van der Waals surface area contributed by atoms with E-state index in [0.717, 1.165) is 29.5 Å². The average Bonchev–Trinajstić information content (AvgIpc) is 2.90. The Labute approximate surface area is 170 Å². The molecule has 1 saturated carbocycles. The summed E-state index contributed by atoms with van der Waals surface area (Å²) >= 11 is 6.25. The monoisotopic (exact) mass is 409 g/mol. The molecule has 6 nitrogen and oxygen atoms in total. The zero-order chi connectivity index (χ0) is 20.5. The van der Waals surface area contributed by atoms with E-state index in [1.165, 1.54) is 0 Å². The van der Waals surface area contributed by atoms with Gasteiger partial charge in [0, 0.05) is 12.1 Å². The van der Waals surface area contributed by atoms with Crippen molar-refractivity contribution in [2.45, 2.75) is 70.1 Å². The van der Waals surface area contributed by atoms with Crippen molar-refractivity contribution in [3.8, 4) is 0 Å². The number of halogens is 1. The van der Waals surface area contributed by atoms with E-state index in [9.17, 15) is 9.59 Å². The van der Waals surface area contributed by atoms with Crippen molar-refractivity contribution in [2.24, 2.45) is 0 Å². The van der Waals surface area contributed by atoms with E-state index < -0.39 is 23.7 Å². The van der Waals surface area contributed by atoms with Gasteiger partial charge in [0.15, 0.2) is 0 Å². The fourth-order valence-corrected chi connectivity index (χ4v) is 4.70. The first kappa shape index (κ1) is 20.9. The first-order valence-electron chi connectivity index (χ1n) is 9.76. The fraction of sp³-hybridized carbons (Fsp3) is 0.619. The lowest BCUT2D eigenvalue weighted by molar-refractivity contribution is -0.121. The summed E-state index contributed by atoms with van der Waals surface area (Å²) in [7, 11) is 1.70. The highest BCUT2D eigenvalue weighted by atomic mass is 35.5. The third kappa shape index (κ3) is 3.85. The molecule has 3 rings (SSSR count). The van der Waals surface area contributed by atoms with Crippen LogP contribution in [0.2, 0.25) is 5.02 Å². The highest BCUT2D eigenvalue weighted by Crippen LogP contribution is 2.45. The molecular formula is C21H28ClNO5. The van der Waals surface area contributed by atoms with Crippen LogP contribution in [0.15, 0.2) is 12.1 Å². The minimum absolute atomic E-state index is 0.130. The number of rotatable bonds is 4. The Balaban J connectivity index is 1.99. The Morgan fingerprint density at radius 2 is 1.93 bits per heavy atom. The second-order valence-corrected chi connectivity index (χ2v) is 8.14. The number of carbonyl (C=O) groups is 2. The van der Waals surface area contributed by atoms with E-state index in [1.54, 1.807) is 14.0 Å². The van der Waals surface area contributed by atoms with Gasteiger partial charge in [-0.2, -0.15) is 0 Å². The number of hydrogen-bond acceptors (Lipinski definition) is 5. The lowest BCUT2D eigenvalue weighted by atomic mass is 9.74. The number of aryl methyl sites for hydroxylation is 2. The Hall–Kier alpha value is -1.79. The Kier molecular flexibility index (Phi) is 6.20. The molecular weight excluding hydrogens is 382 g/mol. The molecule has 1 aromatic rings. The van der Waals surface area contributed by atoms with Crippen molar-refractivity contribution < 1.29 is 23.8 Å². The summed E-state index contributed by atoms with van der Waals surface area (Å²) < 4.78 is 16.3. The number of nitrogens with one attached hydrogen (secondary N) is 1. The molecule has 154 valence electrons. The molecule has 1 heterocycles. The summed E-state index contributed by atoms with van der Waals surface area (Å²) in [6.07, 6.45) is 1.73. The minimum Gasteiger partial charge on any atom is -0.435 e. The molecule has 1 amide bonds. The van der Waals surface area contributed by atoms with Crippen LogP contribution in [0, 0.1) is 13.8 Å². The van der Waals surface area contributed by atoms with Gasteiger partial charge in [0.25, 0.3) is 0 Å². The van der Waals surface area contributed by atoms with E-state index in [-0.39, 0.29) is 18.6 Å². The number of methoxy groups -OCH3 is 1. The topological polar surface area (TPSA) is 73.9 Å². The Morgan fingerprint density at radius 3 is 2.54 bits per heavy atom. The maximum atomic E-state index is 13.1. The molecule has 1 spiro atoms. The molecule has 28 heavy (non-hydrogen) atoms. The molecule has 1 aromatic carbocycles. The quantitative estimate of drug-likeness (QED) is 0.759. The molecule has 1 saturated heterocycles. The minimum atomic E-state index is -0.745. The second-order valence-electron chi connectivity index (χ2n) is 7.74. The van der Waals surface area contributed by atoms with Gasteiger partial charge in [0.2, 0.25) is 5.91 Å². The molecule has 0 bridgehead atoms. The molecule has 1 aliphatic heterocycles. The number of ether oxygens (including phenoxy) is 3. The van der Waals surface area contributed by atoms with Crippen molar-refractivity contribution in [1.82, 2.24) is 5.32 Å². The largest absolute Gasteiger partial charge is 0.508 e. The van der Waals surface area contributed by atoms with Crippen LogP contribution in [0.4, 0.5) is 4.79 Å². The zero-order valence-electron chi connectivity index (χ0n) is 16.8. The standard InChI is InChI=1S/C21H28ClNO5/c1-5-27-20(25)28-18-17(15-10-13(3)16(22)11-12(15)2)19(24)23-21(18)8-6-14(26-4)7-9-21/h10-11,14,17-18H,5-9H2,1-4H3,(H,23,24). The lowest BCUT2D eigenvalue weighted by Gasteiger charge is -2.40. The molecule has 0 radical (unpaired) electrons. The van der Waals surface area contributed by atoms with Crippen LogP contribution in [0.3, 0.4) is 0 Å². The number of hydrogen-bond donors (Lipinski definition) is 1. The predicted molar refractivity (Wildman–Crippen MR) is 106 cm³/mol. The van der Waals surface area contributed by atoms with Gasteiger partial charge in [-0.25, -0.2) is 4.79 Å². The van der Waals surface area contributed by atoms with Crippen LogP contribution < -0.4 is 5.32 Å². The summed E-state index contributed by atoms with van der Waals surface area (Å²) in [6, 6.07) is 3.77. The molecule has 0 aromatic heterocycles. The van der Waals surface area contributed by atoms with Gasteiger partial charge >= 0.3 is 6.16 Å². The summed E-state index contributed by atoms with van der Waals surface area (Å²) in [4.78, 5) is 25.3. The van der Waals surface area contributed by atoms with E-state index in [0.29, 0.717) is 17.9 Å². The third-order valence-electron chi connectivity index (χ3n) is 6.03. The number of carbonyl (C=O) groups excluding carboxylic acids is 2. The number of amides is 1. The van der Waals surface area contributed by atoms with E-state index in [4.69, 9.17) is 25.8 Å². The summed E-state index contributed by atoms with van der Waals surface area (Å²) in [5, 5.41) is 3.81. The summed E-state index contributed by atoms with van der Waals surface area (Å²) in [5.41, 5.74) is 2.01. The van der Waals surface area contributed by atoms with Crippen LogP contribution >= 0.6 is 11.6 Å². The normalized spacial score (nSPS) is 29.6. The van der Waals surface area contributed by atoms with Gasteiger partial charge in [0.1, 0.15) is 12.0 Å². The summed E-state index contributed by atoms with van der Waals surface area (Å²) in [5.74, 6) is -0.727. The van der Waals surface area contributed by atoms with Crippen molar-refractivity contribution in [1.29, 1.82) is 0 Å². The zero-order valence-corrected chi connectivity index (χ0v) is 17.6.